The molecule has 2 N–H and O–H groups in total. The first-order valence-corrected chi connectivity index (χ1v) is 5.70. The molecule has 2 heterocycles. The van der Waals surface area contributed by atoms with Gasteiger partial charge < -0.3 is 10.1 Å². The van der Waals surface area contributed by atoms with E-state index in [1.807, 2.05) is 12.1 Å². The minimum Gasteiger partial charge on any atom is -0.330 e. The number of imidazole rings is 1. The molecule has 0 saturated heterocycles. The van der Waals surface area contributed by atoms with Crippen molar-refractivity contribution in [2.45, 2.75) is 32.6 Å². The fourth-order valence-corrected chi connectivity index (χ4v) is 1.78. The molecular weight excluding hydrogens is 198 g/mol. The van der Waals surface area contributed by atoms with E-state index in [4.69, 9.17) is 5.73 Å². The van der Waals surface area contributed by atoms with Gasteiger partial charge in [0.05, 0.1) is 5.69 Å². The quantitative estimate of drug-likeness (QED) is 0.837. The summed E-state index contributed by atoms with van der Waals surface area (Å²) in [5.41, 5.74) is 9.06. The topological polar surface area (TPSA) is 43.3 Å². The summed E-state index contributed by atoms with van der Waals surface area (Å²) in [6.45, 7) is 7.20. The molecule has 0 fully saturated rings. The van der Waals surface area contributed by atoms with Gasteiger partial charge in [0.25, 0.3) is 0 Å². The number of nitrogens with zero attached hydrogens (tertiary/aromatic N) is 2. The molecular formula is C13H19N3. The highest BCUT2D eigenvalue weighted by Gasteiger charge is 2.17. The molecule has 0 aliphatic heterocycles. The second-order valence-electron chi connectivity index (χ2n) is 5.16. The molecule has 0 radical (unpaired) electrons. The summed E-state index contributed by atoms with van der Waals surface area (Å²) in [7, 11) is 0. The van der Waals surface area contributed by atoms with Crippen molar-refractivity contribution in [1.82, 2.24) is 9.38 Å². The zero-order valence-electron chi connectivity index (χ0n) is 10.2. The van der Waals surface area contributed by atoms with E-state index < -0.39 is 0 Å². The highest BCUT2D eigenvalue weighted by molar-refractivity contribution is 5.43. The summed E-state index contributed by atoms with van der Waals surface area (Å²) in [6.07, 6.45) is 3.01. The van der Waals surface area contributed by atoms with E-state index in [1.54, 1.807) is 0 Å². The number of nitrogens with two attached hydrogens (primary N) is 1. The van der Waals surface area contributed by atoms with Gasteiger partial charge >= 0.3 is 0 Å². The van der Waals surface area contributed by atoms with Crippen LogP contribution in [0.4, 0.5) is 0 Å². The fraction of sp³-hybridized carbons (Fsp3) is 0.462. The van der Waals surface area contributed by atoms with Crippen LogP contribution in [0.5, 0.6) is 0 Å². The number of pyridine rings is 1. The highest BCUT2D eigenvalue weighted by atomic mass is 15.0. The molecule has 0 spiro atoms. The molecule has 0 aliphatic carbocycles. The molecule has 2 rings (SSSR count). The van der Waals surface area contributed by atoms with Crippen LogP contribution >= 0.6 is 0 Å². The minimum atomic E-state index is 0.0893. The highest BCUT2D eigenvalue weighted by Crippen LogP contribution is 2.22. The second-order valence-corrected chi connectivity index (χ2v) is 5.16. The van der Waals surface area contributed by atoms with E-state index in [0.29, 0.717) is 6.54 Å². The smallest absolute Gasteiger partial charge is 0.137 e. The molecule has 0 aromatic carbocycles. The SMILES string of the molecule is CC(C)(C)c1cn2c(CCN)cccc2n1. The Morgan fingerprint density at radius 3 is 2.69 bits per heavy atom. The van der Waals surface area contributed by atoms with Crippen LogP contribution in [0.15, 0.2) is 24.4 Å². The molecule has 2 aromatic rings. The van der Waals surface area contributed by atoms with Gasteiger partial charge in [0.2, 0.25) is 0 Å². The molecule has 2 aromatic heterocycles. The zero-order valence-corrected chi connectivity index (χ0v) is 10.2. The standard InChI is InChI=1S/C13H19N3/c1-13(2,3)11-9-16-10(7-8-14)5-4-6-12(16)15-11/h4-6,9H,7-8,14H2,1-3H3. The van der Waals surface area contributed by atoms with Crippen LogP contribution in [0.3, 0.4) is 0 Å². The summed E-state index contributed by atoms with van der Waals surface area (Å²) in [4.78, 5) is 4.65. The van der Waals surface area contributed by atoms with Crippen molar-refractivity contribution in [1.29, 1.82) is 0 Å². The predicted octanol–water partition coefficient (Wildman–Crippen LogP) is 2.13. The van der Waals surface area contributed by atoms with Gasteiger partial charge in [-0.2, -0.15) is 0 Å². The number of aromatic nitrogens is 2. The van der Waals surface area contributed by atoms with Gasteiger partial charge in [-0.25, -0.2) is 4.98 Å². The molecule has 3 nitrogen and oxygen atoms in total. The van der Waals surface area contributed by atoms with E-state index in [1.165, 1.54) is 5.69 Å². The Kier molecular flexibility index (Phi) is 2.72. The third kappa shape index (κ3) is 1.95. The average molecular weight is 217 g/mol. The first-order valence-electron chi connectivity index (χ1n) is 5.70. The Labute approximate surface area is 96.3 Å². The van der Waals surface area contributed by atoms with Crippen LogP contribution in [0.25, 0.3) is 5.65 Å². The first kappa shape index (κ1) is 11.1. The average Bonchev–Trinajstić information content (AvgIpc) is 2.62. The van der Waals surface area contributed by atoms with E-state index in [-0.39, 0.29) is 5.41 Å². The van der Waals surface area contributed by atoms with Crippen molar-refractivity contribution in [3.8, 4) is 0 Å². The van der Waals surface area contributed by atoms with Crippen molar-refractivity contribution in [2.75, 3.05) is 6.54 Å². The maximum Gasteiger partial charge on any atom is 0.137 e. The largest absolute Gasteiger partial charge is 0.330 e. The van der Waals surface area contributed by atoms with Crippen LogP contribution in [0.1, 0.15) is 32.2 Å². The third-order valence-corrected chi connectivity index (χ3v) is 2.75. The summed E-state index contributed by atoms with van der Waals surface area (Å²) < 4.78 is 2.15. The number of rotatable bonds is 2. The van der Waals surface area contributed by atoms with Crippen molar-refractivity contribution < 1.29 is 0 Å². The molecule has 0 atom stereocenters. The van der Waals surface area contributed by atoms with Gasteiger partial charge in [-0.3, -0.25) is 0 Å². The number of hydrogen-bond acceptors (Lipinski definition) is 2. The van der Waals surface area contributed by atoms with Gasteiger partial charge in [0.15, 0.2) is 0 Å². The summed E-state index contributed by atoms with van der Waals surface area (Å²) >= 11 is 0. The van der Waals surface area contributed by atoms with Crippen LogP contribution in [-0.4, -0.2) is 15.9 Å². The molecule has 0 bridgehead atoms. The van der Waals surface area contributed by atoms with Crippen molar-refractivity contribution in [3.63, 3.8) is 0 Å². The fourth-order valence-electron chi connectivity index (χ4n) is 1.78. The molecule has 86 valence electrons. The van der Waals surface area contributed by atoms with Crippen LogP contribution in [0, 0.1) is 0 Å². The maximum absolute atomic E-state index is 5.61. The van der Waals surface area contributed by atoms with Crippen LogP contribution < -0.4 is 5.73 Å². The van der Waals surface area contributed by atoms with Crippen LogP contribution in [0.2, 0.25) is 0 Å². The van der Waals surface area contributed by atoms with Crippen LogP contribution in [-0.2, 0) is 11.8 Å². The van der Waals surface area contributed by atoms with E-state index in [9.17, 15) is 0 Å². The maximum atomic E-state index is 5.61. The normalized spacial score (nSPS) is 12.2. The lowest BCUT2D eigenvalue weighted by molar-refractivity contribution is 0.573. The zero-order chi connectivity index (χ0) is 11.8. The van der Waals surface area contributed by atoms with Gasteiger partial charge in [-0.05, 0) is 18.7 Å². The second kappa shape index (κ2) is 3.91. The Bertz CT molecular complexity index is 491. The lowest BCUT2D eigenvalue weighted by atomic mass is 9.93. The van der Waals surface area contributed by atoms with Crippen molar-refractivity contribution >= 4 is 5.65 Å². The Morgan fingerprint density at radius 2 is 2.06 bits per heavy atom. The molecule has 0 amide bonds. The van der Waals surface area contributed by atoms with E-state index in [2.05, 4.69) is 42.4 Å². The monoisotopic (exact) mass is 217 g/mol. The first-order chi connectivity index (χ1) is 7.52. The van der Waals surface area contributed by atoms with Gasteiger partial charge in [-0.1, -0.05) is 26.8 Å². The van der Waals surface area contributed by atoms with Crippen molar-refractivity contribution in [3.05, 3.63) is 35.8 Å². The third-order valence-electron chi connectivity index (χ3n) is 2.75. The molecule has 16 heavy (non-hydrogen) atoms. The Hall–Kier alpha value is -1.35. The molecule has 0 saturated carbocycles. The van der Waals surface area contributed by atoms with Gasteiger partial charge in [0.1, 0.15) is 5.65 Å². The molecule has 0 aliphatic rings. The van der Waals surface area contributed by atoms with Gasteiger partial charge in [-0.15, -0.1) is 0 Å². The molecule has 3 heteroatoms. The molecule has 0 unspecified atom stereocenters. The summed E-state index contributed by atoms with van der Waals surface area (Å²) in [6, 6.07) is 6.18. The summed E-state index contributed by atoms with van der Waals surface area (Å²) in [5, 5.41) is 0. The number of fused-ring (bicyclic) bond motifs is 1. The lowest BCUT2D eigenvalue weighted by Crippen LogP contribution is -2.11. The Morgan fingerprint density at radius 1 is 1.31 bits per heavy atom. The van der Waals surface area contributed by atoms with Gasteiger partial charge in [0, 0.05) is 23.7 Å². The lowest BCUT2D eigenvalue weighted by Gasteiger charge is -2.13. The predicted molar refractivity (Wildman–Crippen MR) is 66.7 cm³/mol. The Balaban J connectivity index is 2.57. The number of hydrogen-bond donors (Lipinski definition) is 1. The van der Waals surface area contributed by atoms with Crippen molar-refractivity contribution in [2.24, 2.45) is 5.73 Å². The van der Waals surface area contributed by atoms with E-state index in [0.717, 1.165) is 17.8 Å². The van der Waals surface area contributed by atoms with E-state index >= 15 is 0 Å². The summed E-state index contributed by atoms with van der Waals surface area (Å²) in [5.74, 6) is 0. The minimum absolute atomic E-state index is 0.0893.